The molecule has 0 aromatic heterocycles. The number of carbonyl (C=O) groups is 1. The summed E-state index contributed by atoms with van der Waals surface area (Å²) >= 11 is 0. The highest BCUT2D eigenvalue weighted by atomic mass is 16.2. The van der Waals surface area contributed by atoms with Gasteiger partial charge >= 0.3 is 0 Å². The maximum atomic E-state index is 12.9. The van der Waals surface area contributed by atoms with Crippen molar-refractivity contribution < 1.29 is 4.79 Å². The van der Waals surface area contributed by atoms with Gasteiger partial charge in [-0.2, -0.15) is 0 Å². The third-order valence-corrected chi connectivity index (χ3v) is 6.29. The zero-order chi connectivity index (χ0) is 15.6. The zero-order valence-corrected chi connectivity index (χ0v) is 14.0. The molecule has 3 heteroatoms. The first kappa shape index (κ1) is 15.2. The van der Waals surface area contributed by atoms with Crippen LogP contribution in [-0.2, 0) is 11.2 Å². The van der Waals surface area contributed by atoms with Crippen LogP contribution in [0.3, 0.4) is 0 Å². The summed E-state index contributed by atoms with van der Waals surface area (Å²) in [6.07, 6.45) is 6.66. The molecule has 0 saturated carbocycles. The molecule has 2 aliphatic heterocycles. The summed E-state index contributed by atoms with van der Waals surface area (Å²) in [5.41, 5.74) is 2.90. The lowest BCUT2D eigenvalue weighted by Crippen LogP contribution is -2.34. The summed E-state index contributed by atoms with van der Waals surface area (Å²) in [4.78, 5) is 15.0. The number of hydrogen-bond donors (Lipinski definition) is 1. The second-order valence-corrected chi connectivity index (χ2v) is 7.63. The second kappa shape index (κ2) is 6.64. The molecule has 2 fully saturated rings. The van der Waals surface area contributed by atoms with Crippen LogP contribution in [0.25, 0.3) is 0 Å². The Bertz CT molecular complexity index is 557. The van der Waals surface area contributed by atoms with Crippen molar-refractivity contribution >= 4 is 5.91 Å². The van der Waals surface area contributed by atoms with Gasteiger partial charge in [-0.1, -0.05) is 24.3 Å². The number of nitrogens with one attached hydrogen (secondary N) is 1. The minimum atomic E-state index is 0.389. The molecule has 1 unspecified atom stereocenters. The van der Waals surface area contributed by atoms with Gasteiger partial charge in [-0.3, -0.25) is 4.79 Å². The molecule has 0 bridgehead atoms. The van der Waals surface area contributed by atoms with Gasteiger partial charge in [0.25, 0.3) is 0 Å². The van der Waals surface area contributed by atoms with E-state index >= 15 is 0 Å². The SMILES string of the molecule is O=C(CC1CCCc2ccccc21)N1CC[C@@H]2CNC[C@@H]2CC1. The van der Waals surface area contributed by atoms with E-state index in [1.807, 2.05) is 0 Å². The van der Waals surface area contributed by atoms with Crippen LogP contribution in [0.15, 0.2) is 24.3 Å². The molecule has 1 aliphatic carbocycles. The van der Waals surface area contributed by atoms with Crippen LogP contribution in [0.2, 0.25) is 0 Å². The molecule has 4 rings (SSSR count). The molecule has 1 N–H and O–H groups in total. The number of nitrogens with zero attached hydrogens (tertiary/aromatic N) is 1. The van der Waals surface area contributed by atoms with Crippen LogP contribution in [0.4, 0.5) is 0 Å². The van der Waals surface area contributed by atoms with Gasteiger partial charge in [-0.05, 0) is 74.1 Å². The highest BCUT2D eigenvalue weighted by Crippen LogP contribution is 2.35. The first-order valence-corrected chi connectivity index (χ1v) is 9.37. The molecule has 124 valence electrons. The third kappa shape index (κ3) is 3.16. The molecule has 1 aromatic carbocycles. The van der Waals surface area contributed by atoms with E-state index < -0.39 is 0 Å². The van der Waals surface area contributed by atoms with Gasteiger partial charge in [0, 0.05) is 19.5 Å². The quantitative estimate of drug-likeness (QED) is 0.910. The molecule has 2 saturated heterocycles. The molecule has 1 amide bonds. The first-order chi connectivity index (χ1) is 11.3. The average Bonchev–Trinajstić information content (AvgIpc) is 2.93. The monoisotopic (exact) mass is 312 g/mol. The number of fused-ring (bicyclic) bond motifs is 2. The molecule has 3 atom stereocenters. The Labute approximate surface area is 139 Å². The second-order valence-electron chi connectivity index (χ2n) is 7.63. The summed E-state index contributed by atoms with van der Waals surface area (Å²) in [6, 6.07) is 8.74. The van der Waals surface area contributed by atoms with Crippen molar-refractivity contribution in [2.24, 2.45) is 11.8 Å². The van der Waals surface area contributed by atoms with Gasteiger partial charge in [0.2, 0.25) is 5.91 Å². The lowest BCUT2D eigenvalue weighted by molar-refractivity contribution is -0.131. The average molecular weight is 312 g/mol. The number of carbonyl (C=O) groups excluding carboxylic acids is 1. The van der Waals surface area contributed by atoms with Gasteiger partial charge in [0.15, 0.2) is 0 Å². The number of hydrogen-bond acceptors (Lipinski definition) is 2. The number of aryl methyl sites for hydroxylation is 1. The highest BCUT2D eigenvalue weighted by molar-refractivity contribution is 5.77. The fourth-order valence-electron chi connectivity index (χ4n) is 4.87. The van der Waals surface area contributed by atoms with Crippen molar-refractivity contribution in [1.82, 2.24) is 10.2 Å². The normalized spacial score (nSPS) is 30.4. The molecular formula is C20H28N2O. The van der Waals surface area contributed by atoms with Crippen molar-refractivity contribution in [3.8, 4) is 0 Å². The number of rotatable bonds is 2. The summed E-state index contributed by atoms with van der Waals surface area (Å²) in [5, 5.41) is 3.51. The van der Waals surface area contributed by atoms with Crippen molar-refractivity contribution in [3.05, 3.63) is 35.4 Å². The summed E-state index contributed by atoms with van der Waals surface area (Å²) in [6.45, 7) is 4.25. The molecule has 1 aromatic rings. The maximum Gasteiger partial charge on any atom is 0.223 e. The van der Waals surface area contributed by atoms with Crippen molar-refractivity contribution in [2.45, 2.75) is 44.4 Å². The lowest BCUT2D eigenvalue weighted by Gasteiger charge is -2.28. The summed E-state index contributed by atoms with van der Waals surface area (Å²) in [5.74, 6) is 2.42. The predicted molar refractivity (Wildman–Crippen MR) is 92.4 cm³/mol. The third-order valence-electron chi connectivity index (χ3n) is 6.29. The van der Waals surface area contributed by atoms with Crippen LogP contribution >= 0.6 is 0 Å². The van der Waals surface area contributed by atoms with E-state index in [0.717, 1.165) is 38.0 Å². The Balaban J connectivity index is 1.40. The van der Waals surface area contributed by atoms with Crippen LogP contribution in [0.5, 0.6) is 0 Å². The van der Waals surface area contributed by atoms with Gasteiger partial charge in [-0.25, -0.2) is 0 Å². The van der Waals surface area contributed by atoms with Crippen molar-refractivity contribution in [3.63, 3.8) is 0 Å². The molecule has 3 nitrogen and oxygen atoms in total. The Hall–Kier alpha value is -1.35. The standard InChI is InChI=1S/C20H28N2O/c23-20(22-10-8-17-13-21-14-18(17)9-11-22)12-16-6-3-5-15-4-1-2-7-19(15)16/h1-2,4,7,16-18,21H,3,5-6,8-14H2/t16?,17-,18+. The smallest absolute Gasteiger partial charge is 0.223 e. The molecule has 0 spiro atoms. The van der Waals surface area contributed by atoms with E-state index in [2.05, 4.69) is 34.5 Å². The van der Waals surface area contributed by atoms with Crippen LogP contribution in [0.1, 0.15) is 49.1 Å². The predicted octanol–water partition coefficient (Wildman–Crippen LogP) is 2.95. The van der Waals surface area contributed by atoms with Crippen LogP contribution in [0, 0.1) is 11.8 Å². The molecule has 0 radical (unpaired) electrons. The highest BCUT2D eigenvalue weighted by Gasteiger charge is 2.32. The summed E-state index contributed by atoms with van der Waals surface area (Å²) < 4.78 is 0. The Morgan fingerprint density at radius 3 is 2.61 bits per heavy atom. The van der Waals surface area contributed by atoms with Gasteiger partial charge in [0.1, 0.15) is 0 Å². The Morgan fingerprint density at radius 2 is 1.83 bits per heavy atom. The van der Waals surface area contributed by atoms with E-state index in [9.17, 15) is 4.79 Å². The molecule has 3 aliphatic rings. The largest absolute Gasteiger partial charge is 0.343 e. The van der Waals surface area contributed by atoms with Gasteiger partial charge in [0.05, 0.1) is 0 Å². The van der Waals surface area contributed by atoms with E-state index in [-0.39, 0.29) is 0 Å². The fraction of sp³-hybridized carbons (Fsp3) is 0.650. The topological polar surface area (TPSA) is 32.3 Å². The number of likely N-dealkylation sites (tertiary alicyclic amines) is 1. The number of benzene rings is 1. The minimum Gasteiger partial charge on any atom is -0.343 e. The van der Waals surface area contributed by atoms with E-state index in [1.165, 1.54) is 43.2 Å². The lowest BCUT2D eigenvalue weighted by atomic mass is 9.81. The molecule has 2 heterocycles. The van der Waals surface area contributed by atoms with Crippen LogP contribution in [-0.4, -0.2) is 37.0 Å². The first-order valence-electron chi connectivity index (χ1n) is 9.37. The maximum absolute atomic E-state index is 12.9. The Morgan fingerprint density at radius 1 is 1.09 bits per heavy atom. The van der Waals surface area contributed by atoms with Crippen molar-refractivity contribution in [2.75, 3.05) is 26.2 Å². The summed E-state index contributed by atoms with van der Waals surface area (Å²) in [7, 11) is 0. The minimum absolute atomic E-state index is 0.389. The van der Waals surface area contributed by atoms with Gasteiger partial charge < -0.3 is 10.2 Å². The number of amides is 1. The molecule has 23 heavy (non-hydrogen) atoms. The fourth-order valence-corrected chi connectivity index (χ4v) is 4.87. The van der Waals surface area contributed by atoms with Crippen molar-refractivity contribution in [1.29, 1.82) is 0 Å². The molecular weight excluding hydrogens is 284 g/mol. The van der Waals surface area contributed by atoms with E-state index in [4.69, 9.17) is 0 Å². The van der Waals surface area contributed by atoms with E-state index in [1.54, 1.807) is 0 Å². The Kier molecular flexibility index (Phi) is 4.39. The van der Waals surface area contributed by atoms with E-state index in [0.29, 0.717) is 18.2 Å². The van der Waals surface area contributed by atoms with Crippen LogP contribution < -0.4 is 5.32 Å². The van der Waals surface area contributed by atoms with Gasteiger partial charge in [-0.15, -0.1) is 0 Å². The zero-order valence-electron chi connectivity index (χ0n) is 14.0.